The summed E-state index contributed by atoms with van der Waals surface area (Å²) < 4.78 is 12.6. The molecule has 1 N–H and O–H groups in total. The third kappa shape index (κ3) is 2.82. The van der Waals surface area contributed by atoms with Gasteiger partial charge < -0.3 is 10.0 Å². The molecule has 82 valence electrons. The zero-order valence-electron chi connectivity index (χ0n) is 8.01. The number of hydrogen-bond donors (Lipinski definition) is 1. The Labute approximate surface area is 87.8 Å². The standard InChI is InChI=1S/C9H15ClFNO2/c10-5-8(13)12-4-2-1-3-9(14,6-11)7-12/h14H,1-7H2. The summed E-state index contributed by atoms with van der Waals surface area (Å²) in [6, 6.07) is 0. The minimum Gasteiger partial charge on any atom is -0.385 e. The van der Waals surface area contributed by atoms with Gasteiger partial charge in [-0.25, -0.2) is 4.39 Å². The predicted octanol–water partition coefficient (Wildman–Crippen LogP) is 0.938. The number of β-amino-alcohol motifs (C(OH)–C–C–N with tert-alkyl or cyclic N) is 1. The Morgan fingerprint density at radius 3 is 2.86 bits per heavy atom. The monoisotopic (exact) mass is 223 g/mol. The van der Waals surface area contributed by atoms with E-state index in [2.05, 4.69) is 0 Å². The quantitative estimate of drug-likeness (QED) is 0.708. The first kappa shape index (κ1) is 11.7. The highest BCUT2D eigenvalue weighted by Crippen LogP contribution is 2.21. The van der Waals surface area contributed by atoms with Crippen molar-refractivity contribution in [3.8, 4) is 0 Å². The first-order chi connectivity index (χ1) is 6.61. The lowest BCUT2D eigenvalue weighted by Crippen LogP contribution is -2.46. The summed E-state index contributed by atoms with van der Waals surface area (Å²) in [5, 5.41) is 9.76. The average molecular weight is 224 g/mol. The van der Waals surface area contributed by atoms with Crippen LogP contribution in [0.25, 0.3) is 0 Å². The van der Waals surface area contributed by atoms with E-state index in [4.69, 9.17) is 11.6 Å². The van der Waals surface area contributed by atoms with Gasteiger partial charge in [0.05, 0.1) is 6.54 Å². The van der Waals surface area contributed by atoms with Gasteiger partial charge in [-0.3, -0.25) is 4.79 Å². The first-order valence-corrected chi connectivity index (χ1v) is 5.27. The summed E-state index contributed by atoms with van der Waals surface area (Å²) in [6.07, 6.45) is 1.95. The van der Waals surface area contributed by atoms with Gasteiger partial charge in [-0.1, -0.05) is 0 Å². The summed E-state index contributed by atoms with van der Waals surface area (Å²) in [5.74, 6) is -0.344. The number of alkyl halides is 2. The Hall–Kier alpha value is -0.350. The van der Waals surface area contributed by atoms with Gasteiger partial charge in [0.1, 0.15) is 18.2 Å². The SMILES string of the molecule is O=C(CCl)N1CCCCC(O)(CF)C1. The largest absolute Gasteiger partial charge is 0.385 e. The predicted molar refractivity (Wildman–Crippen MR) is 52.1 cm³/mol. The molecule has 0 radical (unpaired) electrons. The molecule has 1 fully saturated rings. The third-order valence-electron chi connectivity index (χ3n) is 2.52. The molecule has 1 rings (SSSR count). The van der Waals surface area contributed by atoms with Gasteiger partial charge in [0, 0.05) is 6.54 Å². The van der Waals surface area contributed by atoms with Gasteiger partial charge in [0.2, 0.25) is 5.91 Å². The van der Waals surface area contributed by atoms with Crippen LogP contribution >= 0.6 is 11.6 Å². The number of hydrogen-bond acceptors (Lipinski definition) is 2. The maximum absolute atomic E-state index is 12.6. The maximum Gasteiger partial charge on any atom is 0.237 e. The van der Waals surface area contributed by atoms with Crippen LogP contribution in [0.15, 0.2) is 0 Å². The minimum absolute atomic E-state index is 0.0645. The smallest absolute Gasteiger partial charge is 0.237 e. The number of nitrogens with zero attached hydrogens (tertiary/aromatic N) is 1. The van der Waals surface area contributed by atoms with Crippen molar-refractivity contribution in [1.29, 1.82) is 0 Å². The highest BCUT2D eigenvalue weighted by atomic mass is 35.5. The Bertz CT molecular complexity index is 215. The fraction of sp³-hybridized carbons (Fsp3) is 0.889. The molecule has 1 aliphatic heterocycles. The van der Waals surface area contributed by atoms with Crippen molar-refractivity contribution < 1.29 is 14.3 Å². The van der Waals surface area contributed by atoms with Gasteiger partial charge in [0.15, 0.2) is 0 Å². The number of amides is 1. The van der Waals surface area contributed by atoms with E-state index in [0.29, 0.717) is 13.0 Å². The van der Waals surface area contributed by atoms with Gasteiger partial charge in [-0.15, -0.1) is 11.6 Å². The second-order valence-electron chi connectivity index (χ2n) is 3.76. The molecule has 0 aromatic rings. The first-order valence-electron chi connectivity index (χ1n) is 4.73. The molecule has 3 nitrogen and oxygen atoms in total. The molecule has 1 atom stereocenters. The summed E-state index contributed by atoms with van der Waals surface area (Å²) in [4.78, 5) is 12.7. The number of likely N-dealkylation sites (tertiary alicyclic amines) is 1. The molecule has 0 aliphatic carbocycles. The molecule has 5 heteroatoms. The van der Waals surface area contributed by atoms with E-state index in [1.165, 1.54) is 4.90 Å². The van der Waals surface area contributed by atoms with Crippen LogP contribution in [-0.2, 0) is 4.79 Å². The van der Waals surface area contributed by atoms with Crippen LogP contribution in [0.4, 0.5) is 4.39 Å². The maximum atomic E-state index is 12.6. The zero-order chi connectivity index (χ0) is 10.6. The molecule has 1 heterocycles. The molecule has 1 unspecified atom stereocenters. The van der Waals surface area contributed by atoms with E-state index in [0.717, 1.165) is 12.8 Å². The van der Waals surface area contributed by atoms with Crippen molar-refractivity contribution in [2.75, 3.05) is 25.6 Å². The summed E-state index contributed by atoms with van der Waals surface area (Å²) in [6.45, 7) is -0.179. The Morgan fingerprint density at radius 1 is 1.57 bits per heavy atom. The number of carbonyl (C=O) groups is 1. The Kier molecular flexibility index (Phi) is 4.13. The third-order valence-corrected chi connectivity index (χ3v) is 2.75. The summed E-state index contributed by atoms with van der Waals surface area (Å²) in [7, 11) is 0. The van der Waals surface area contributed by atoms with Gasteiger partial charge in [0.25, 0.3) is 0 Å². The van der Waals surface area contributed by atoms with E-state index < -0.39 is 12.3 Å². The van der Waals surface area contributed by atoms with Crippen LogP contribution in [0, 0.1) is 0 Å². The van der Waals surface area contributed by atoms with Gasteiger partial charge >= 0.3 is 0 Å². The molecule has 14 heavy (non-hydrogen) atoms. The fourth-order valence-corrected chi connectivity index (χ4v) is 1.85. The average Bonchev–Trinajstić information content (AvgIpc) is 2.40. The number of rotatable bonds is 2. The zero-order valence-corrected chi connectivity index (χ0v) is 8.76. The van der Waals surface area contributed by atoms with Crippen LogP contribution < -0.4 is 0 Å². The molecular formula is C9H15ClFNO2. The lowest BCUT2D eigenvalue weighted by atomic mass is 10.00. The van der Waals surface area contributed by atoms with E-state index >= 15 is 0 Å². The number of aliphatic hydroxyl groups is 1. The molecule has 1 saturated heterocycles. The van der Waals surface area contributed by atoms with Gasteiger partial charge in [-0.2, -0.15) is 0 Å². The molecule has 1 aliphatic rings. The molecule has 0 spiro atoms. The van der Waals surface area contributed by atoms with Crippen molar-refractivity contribution in [2.45, 2.75) is 24.9 Å². The van der Waals surface area contributed by atoms with E-state index in [1.807, 2.05) is 0 Å². The van der Waals surface area contributed by atoms with Gasteiger partial charge in [-0.05, 0) is 19.3 Å². The van der Waals surface area contributed by atoms with E-state index in [1.54, 1.807) is 0 Å². The fourth-order valence-electron chi connectivity index (χ4n) is 1.68. The molecular weight excluding hydrogens is 209 g/mol. The second kappa shape index (κ2) is 4.94. The van der Waals surface area contributed by atoms with E-state index in [9.17, 15) is 14.3 Å². The highest BCUT2D eigenvalue weighted by molar-refractivity contribution is 6.27. The number of halogens is 2. The topological polar surface area (TPSA) is 40.5 Å². The molecule has 0 aromatic heterocycles. The molecule has 0 saturated carbocycles. The van der Waals surface area contributed by atoms with Crippen molar-refractivity contribution in [3.05, 3.63) is 0 Å². The van der Waals surface area contributed by atoms with E-state index in [-0.39, 0.29) is 18.3 Å². The highest BCUT2D eigenvalue weighted by Gasteiger charge is 2.33. The van der Waals surface area contributed by atoms with Crippen LogP contribution in [0.5, 0.6) is 0 Å². The molecule has 0 aromatic carbocycles. The minimum atomic E-state index is -1.36. The van der Waals surface area contributed by atoms with Crippen molar-refractivity contribution >= 4 is 17.5 Å². The summed E-state index contributed by atoms with van der Waals surface area (Å²) in [5.41, 5.74) is -1.36. The van der Waals surface area contributed by atoms with Crippen LogP contribution in [0.1, 0.15) is 19.3 Å². The Balaban J connectivity index is 2.64. The van der Waals surface area contributed by atoms with Crippen LogP contribution in [0.3, 0.4) is 0 Å². The van der Waals surface area contributed by atoms with Crippen LogP contribution in [-0.4, -0.2) is 47.2 Å². The number of carbonyl (C=O) groups excluding carboxylic acids is 1. The second-order valence-corrected chi connectivity index (χ2v) is 4.03. The lowest BCUT2D eigenvalue weighted by molar-refractivity contribution is -0.132. The van der Waals surface area contributed by atoms with Crippen LogP contribution in [0.2, 0.25) is 0 Å². The Morgan fingerprint density at radius 2 is 2.29 bits per heavy atom. The van der Waals surface area contributed by atoms with Crippen molar-refractivity contribution in [2.24, 2.45) is 0 Å². The summed E-state index contributed by atoms with van der Waals surface area (Å²) >= 11 is 5.41. The molecule has 0 bridgehead atoms. The molecule has 1 amide bonds. The lowest BCUT2D eigenvalue weighted by Gasteiger charge is -2.28. The van der Waals surface area contributed by atoms with Crippen molar-refractivity contribution in [1.82, 2.24) is 4.90 Å². The normalized spacial score (nSPS) is 28.6. The van der Waals surface area contributed by atoms with Crippen molar-refractivity contribution in [3.63, 3.8) is 0 Å².